The van der Waals surface area contributed by atoms with Crippen molar-refractivity contribution in [2.45, 2.75) is 13.5 Å². The molecule has 2 aromatic rings. The first-order chi connectivity index (χ1) is 9.71. The van der Waals surface area contributed by atoms with Crippen LogP contribution in [0.25, 0.3) is 0 Å². The molecule has 102 valence electrons. The Morgan fingerprint density at radius 1 is 1.30 bits per heavy atom. The second kappa shape index (κ2) is 6.85. The van der Waals surface area contributed by atoms with Crippen molar-refractivity contribution in [3.8, 4) is 17.7 Å². The van der Waals surface area contributed by atoms with Crippen LogP contribution in [-0.4, -0.2) is 16.6 Å². The maximum Gasteiger partial charge on any atom is 0.224 e. The van der Waals surface area contributed by atoms with Crippen molar-refractivity contribution in [3.05, 3.63) is 46.9 Å². The summed E-state index contributed by atoms with van der Waals surface area (Å²) in [5.74, 6) is 1.28. The minimum Gasteiger partial charge on any atom is -0.439 e. The van der Waals surface area contributed by atoms with Crippen LogP contribution in [-0.2, 0) is 11.3 Å². The molecule has 1 heterocycles. The minimum atomic E-state index is 0.269. The van der Waals surface area contributed by atoms with Crippen molar-refractivity contribution in [2.75, 3.05) is 6.61 Å². The largest absolute Gasteiger partial charge is 0.439 e. The zero-order valence-electron chi connectivity index (χ0n) is 10.8. The van der Waals surface area contributed by atoms with Gasteiger partial charge in [0.1, 0.15) is 17.5 Å². The zero-order valence-corrected chi connectivity index (χ0v) is 11.6. The van der Waals surface area contributed by atoms with E-state index < -0.39 is 0 Å². The molecule has 0 N–H and O–H groups in total. The molecule has 5 nitrogen and oxygen atoms in total. The summed E-state index contributed by atoms with van der Waals surface area (Å²) in [5.41, 5.74) is 0.511. The van der Waals surface area contributed by atoms with E-state index in [2.05, 4.69) is 9.97 Å². The Labute approximate surface area is 121 Å². The lowest BCUT2D eigenvalue weighted by molar-refractivity contribution is 0.128. The number of hydrogen-bond donors (Lipinski definition) is 0. The summed E-state index contributed by atoms with van der Waals surface area (Å²) in [4.78, 5) is 8.24. The molecule has 0 fully saturated rings. The van der Waals surface area contributed by atoms with Crippen LogP contribution in [0.1, 0.15) is 18.3 Å². The van der Waals surface area contributed by atoms with Crippen LogP contribution in [0.3, 0.4) is 0 Å². The van der Waals surface area contributed by atoms with Gasteiger partial charge in [0.25, 0.3) is 0 Å². The number of benzene rings is 1. The van der Waals surface area contributed by atoms with E-state index in [9.17, 15) is 0 Å². The fourth-order valence-corrected chi connectivity index (χ4v) is 1.69. The first-order valence-electron chi connectivity index (χ1n) is 6.00. The van der Waals surface area contributed by atoms with E-state index in [0.29, 0.717) is 29.6 Å². The van der Waals surface area contributed by atoms with Gasteiger partial charge in [0.2, 0.25) is 5.88 Å². The molecular weight excluding hydrogens is 278 g/mol. The number of rotatable bonds is 5. The van der Waals surface area contributed by atoms with E-state index in [1.54, 1.807) is 24.3 Å². The predicted octanol–water partition coefficient (Wildman–Crippen LogP) is 3.33. The van der Waals surface area contributed by atoms with Crippen molar-refractivity contribution in [1.82, 2.24) is 9.97 Å². The lowest BCUT2D eigenvalue weighted by Gasteiger charge is -2.07. The Balaban J connectivity index is 2.20. The third-order valence-electron chi connectivity index (χ3n) is 2.34. The van der Waals surface area contributed by atoms with Crippen molar-refractivity contribution in [1.29, 1.82) is 5.26 Å². The van der Waals surface area contributed by atoms with Crippen molar-refractivity contribution < 1.29 is 9.47 Å². The van der Waals surface area contributed by atoms with Gasteiger partial charge in [-0.25, -0.2) is 4.98 Å². The lowest BCUT2D eigenvalue weighted by atomic mass is 10.2. The third-order valence-corrected chi connectivity index (χ3v) is 2.53. The van der Waals surface area contributed by atoms with Gasteiger partial charge in [0, 0.05) is 12.7 Å². The predicted molar refractivity (Wildman–Crippen MR) is 73.6 cm³/mol. The highest BCUT2D eigenvalue weighted by Crippen LogP contribution is 2.22. The van der Waals surface area contributed by atoms with Gasteiger partial charge in [-0.2, -0.15) is 10.2 Å². The number of nitriles is 1. The van der Waals surface area contributed by atoms with Crippen LogP contribution < -0.4 is 4.74 Å². The molecule has 20 heavy (non-hydrogen) atoms. The number of ether oxygens (including phenoxy) is 2. The molecule has 2 rings (SSSR count). The summed E-state index contributed by atoms with van der Waals surface area (Å²) >= 11 is 5.91. The standard InChI is InChI=1S/C14H12ClN3O2/c1-2-19-9-13-17-12(15)7-14(18-13)20-11-5-3-4-10(6-11)8-16/h3-7H,2,9H2,1H3. The fourth-order valence-electron chi connectivity index (χ4n) is 1.50. The highest BCUT2D eigenvalue weighted by Gasteiger charge is 2.06. The Morgan fingerprint density at radius 3 is 2.90 bits per heavy atom. The van der Waals surface area contributed by atoms with E-state index in [0.717, 1.165) is 0 Å². The minimum absolute atomic E-state index is 0.269. The Hall–Kier alpha value is -2.16. The van der Waals surface area contributed by atoms with Crippen LogP contribution in [0.2, 0.25) is 5.15 Å². The van der Waals surface area contributed by atoms with Gasteiger partial charge in [0.05, 0.1) is 11.6 Å². The van der Waals surface area contributed by atoms with Gasteiger partial charge in [-0.15, -0.1) is 0 Å². The molecule has 0 amide bonds. The van der Waals surface area contributed by atoms with Crippen LogP contribution >= 0.6 is 11.6 Å². The summed E-state index contributed by atoms with van der Waals surface area (Å²) in [6, 6.07) is 10.3. The summed E-state index contributed by atoms with van der Waals surface area (Å²) in [5, 5.41) is 9.12. The summed E-state index contributed by atoms with van der Waals surface area (Å²) in [6.07, 6.45) is 0. The van der Waals surface area contributed by atoms with Crippen molar-refractivity contribution >= 4 is 11.6 Å². The van der Waals surface area contributed by atoms with Gasteiger partial charge < -0.3 is 9.47 Å². The molecule has 1 aromatic heterocycles. The molecule has 0 saturated carbocycles. The van der Waals surface area contributed by atoms with E-state index in [-0.39, 0.29) is 11.8 Å². The molecule has 0 aliphatic heterocycles. The summed E-state index contributed by atoms with van der Waals surface area (Å²) < 4.78 is 10.8. The third kappa shape index (κ3) is 3.92. The second-order valence-electron chi connectivity index (χ2n) is 3.82. The molecule has 1 aromatic carbocycles. The SMILES string of the molecule is CCOCc1nc(Cl)cc(Oc2cccc(C#N)c2)n1. The van der Waals surface area contributed by atoms with Gasteiger partial charge in [0.15, 0.2) is 5.82 Å². The van der Waals surface area contributed by atoms with Gasteiger partial charge in [-0.05, 0) is 25.1 Å². The fraction of sp³-hybridized carbons (Fsp3) is 0.214. The first kappa shape index (κ1) is 14.3. The van der Waals surface area contributed by atoms with Crippen LogP contribution in [0, 0.1) is 11.3 Å². The molecule has 0 bridgehead atoms. The molecule has 0 spiro atoms. The quantitative estimate of drug-likeness (QED) is 0.790. The van der Waals surface area contributed by atoms with Gasteiger partial charge in [-0.1, -0.05) is 17.7 Å². The molecule has 0 atom stereocenters. The van der Waals surface area contributed by atoms with Crippen LogP contribution in [0.15, 0.2) is 30.3 Å². The first-order valence-corrected chi connectivity index (χ1v) is 6.38. The zero-order chi connectivity index (χ0) is 14.4. The number of hydrogen-bond acceptors (Lipinski definition) is 5. The molecule has 0 aliphatic carbocycles. The molecule has 6 heteroatoms. The van der Waals surface area contributed by atoms with Gasteiger partial charge >= 0.3 is 0 Å². The summed E-state index contributed by atoms with van der Waals surface area (Å²) in [6.45, 7) is 2.72. The maximum atomic E-state index is 8.84. The Kier molecular flexibility index (Phi) is 4.88. The van der Waals surface area contributed by atoms with Crippen LogP contribution in [0.4, 0.5) is 0 Å². The average Bonchev–Trinajstić information content (AvgIpc) is 2.44. The lowest BCUT2D eigenvalue weighted by Crippen LogP contribution is -2.01. The van der Waals surface area contributed by atoms with E-state index in [4.69, 9.17) is 26.3 Å². The van der Waals surface area contributed by atoms with E-state index in [1.807, 2.05) is 13.0 Å². The number of aromatic nitrogens is 2. The topological polar surface area (TPSA) is 68.0 Å². The average molecular weight is 290 g/mol. The monoisotopic (exact) mass is 289 g/mol. The van der Waals surface area contributed by atoms with Crippen molar-refractivity contribution in [2.24, 2.45) is 0 Å². The number of halogens is 1. The highest BCUT2D eigenvalue weighted by molar-refractivity contribution is 6.29. The van der Waals surface area contributed by atoms with Gasteiger partial charge in [-0.3, -0.25) is 0 Å². The molecule has 0 unspecified atom stereocenters. The van der Waals surface area contributed by atoms with E-state index >= 15 is 0 Å². The Morgan fingerprint density at radius 2 is 2.15 bits per heavy atom. The smallest absolute Gasteiger partial charge is 0.224 e. The summed E-state index contributed by atoms with van der Waals surface area (Å²) in [7, 11) is 0. The highest BCUT2D eigenvalue weighted by atomic mass is 35.5. The van der Waals surface area contributed by atoms with E-state index in [1.165, 1.54) is 6.07 Å². The van der Waals surface area contributed by atoms with Crippen LogP contribution in [0.5, 0.6) is 11.6 Å². The normalized spacial score (nSPS) is 10.1. The molecule has 0 aliphatic rings. The molecule has 0 radical (unpaired) electrons. The molecular formula is C14H12ClN3O2. The second-order valence-corrected chi connectivity index (χ2v) is 4.21. The van der Waals surface area contributed by atoms with Crippen molar-refractivity contribution in [3.63, 3.8) is 0 Å². The number of nitrogens with zero attached hydrogens (tertiary/aromatic N) is 3. The Bertz CT molecular complexity index is 641. The molecule has 0 saturated heterocycles. The maximum absolute atomic E-state index is 8.84.